The number of para-hydroxylation sites is 2. The second-order valence-corrected chi connectivity index (χ2v) is 8.67. The van der Waals surface area contributed by atoms with Gasteiger partial charge in [0.15, 0.2) is 0 Å². The van der Waals surface area contributed by atoms with E-state index in [9.17, 15) is 19.2 Å². The fourth-order valence-electron chi connectivity index (χ4n) is 6.20. The van der Waals surface area contributed by atoms with Crippen LogP contribution in [0, 0.1) is 11.8 Å². The zero-order valence-corrected chi connectivity index (χ0v) is 16.6. The predicted molar refractivity (Wildman–Crippen MR) is 113 cm³/mol. The molecule has 0 unspecified atom stereocenters. The second kappa shape index (κ2) is 5.53. The smallest absolute Gasteiger partial charge is 0.244 e. The molecule has 4 heterocycles. The maximum Gasteiger partial charge on any atom is 0.244 e. The molecule has 3 aliphatic rings. The number of hydrogen-bond donors (Lipinski definition) is 4. The summed E-state index contributed by atoms with van der Waals surface area (Å²) in [5.41, 5.74) is 1.82. The van der Waals surface area contributed by atoms with Crippen molar-refractivity contribution in [3.05, 3.63) is 71.5 Å². The van der Waals surface area contributed by atoms with Crippen molar-refractivity contribution in [2.24, 2.45) is 11.8 Å². The number of aromatic amines is 2. The van der Waals surface area contributed by atoms with E-state index in [4.69, 9.17) is 0 Å². The monoisotopic (exact) mass is 424 g/mol. The number of H-pyrrole nitrogens is 2. The molecule has 4 aromatic rings. The van der Waals surface area contributed by atoms with Crippen molar-refractivity contribution in [2.75, 3.05) is 0 Å². The van der Waals surface area contributed by atoms with Crippen LogP contribution >= 0.6 is 0 Å². The van der Waals surface area contributed by atoms with Crippen LogP contribution in [0.15, 0.2) is 54.7 Å². The van der Waals surface area contributed by atoms with E-state index in [0.717, 1.165) is 21.8 Å². The summed E-state index contributed by atoms with van der Waals surface area (Å²) in [6, 6.07) is 15.0. The molecule has 8 nitrogen and oxygen atoms in total. The lowest BCUT2D eigenvalue weighted by molar-refractivity contribution is -0.132. The minimum atomic E-state index is -1.46. The van der Waals surface area contributed by atoms with Crippen LogP contribution in [0.25, 0.3) is 21.8 Å². The predicted octanol–water partition coefficient (Wildman–Crippen LogP) is 1.58. The molecule has 1 aliphatic carbocycles. The van der Waals surface area contributed by atoms with Crippen molar-refractivity contribution in [3.63, 3.8) is 0 Å². The molecule has 0 saturated carbocycles. The first-order valence-corrected chi connectivity index (χ1v) is 10.4. The zero-order valence-electron chi connectivity index (χ0n) is 16.6. The molecular formula is C24H16N4O4. The molecule has 7 rings (SSSR count). The summed E-state index contributed by atoms with van der Waals surface area (Å²) in [5.74, 6) is -4.85. The number of fused-ring (bicyclic) bond motifs is 9. The van der Waals surface area contributed by atoms with Gasteiger partial charge in [-0.1, -0.05) is 36.4 Å². The summed E-state index contributed by atoms with van der Waals surface area (Å²) >= 11 is 0. The van der Waals surface area contributed by atoms with E-state index in [0.29, 0.717) is 16.8 Å². The van der Waals surface area contributed by atoms with Crippen LogP contribution in [0.4, 0.5) is 0 Å². The van der Waals surface area contributed by atoms with Crippen molar-refractivity contribution in [3.8, 4) is 0 Å². The fourth-order valence-corrected chi connectivity index (χ4v) is 6.20. The number of nitrogens with one attached hydrogen (secondary N) is 4. The van der Waals surface area contributed by atoms with Crippen LogP contribution in [-0.2, 0) is 24.6 Å². The summed E-state index contributed by atoms with van der Waals surface area (Å²) in [6.45, 7) is 0. The molecular weight excluding hydrogens is 408 g/mol. The third-order valence-corrected chi connectivity index (χ3v) is 7.36. The lowest BCUT2D eigenvalue weighted by atomic mass is 9.56. The Morgan fingerprint density at radius 1 is 0.750 bits per heavy atom. The highest BCUT2D eigenvalue weighted by Gasteiger charge is 2.70. The van der Waals surface area contributed by atoms with Gasteiger partial charge < -0.3 is 9.97 Å². The maximum atomic E-state index is 13.7. The van der Waals surface area contributed by atoms with Gasteiger partial charge in [-0.2, -0.15) is 0 Å². The fraction of sp³-hybridized carbons (Fsp3) is 0.167. The van der Waals surface area contributed by atoms with Crippen molar-refractivity contribution in [2.45, 2.75) is 11.3 Å². The van der Waals surface area contributed by atoms with E-state index in [1.165, 1.54) is 0 Å². The molecule has 2 aromatic heterocycles. The van der Waals surface area contributed by atoms with E-state index >= 15 is 0 Å². The molecule has 0 spiro atoms. The lowest BCUT2D eigenvalue weighted by Crippen LogP contribution is -2.50. The lowest BCUT2D eigenvalue weighted by Gasteiger charge is -2.40. The Hall–Kier alpha value is -4.20. The van der Waals surface area contributed by atoms with Gasteiger partial charge in [0.25, 0.3) is 0 Å². The Morgan fingerprint density at radius 3 is 2.28 bits per heavy atom. The molecule has 4 amide bonds. The maximum absolute atomic E-state index is 13.7. The van der Waals surface area contributed by atoms with Gasteiger partial charge in [-0.15, -0.1) is 0 Å². The highest BCUT2D eigenvalue weighted by molar-refractivity contribution is 6.20. The average Bonchev–Trinajstić information content (AvgIpc) is 3.51. The Bertz CT molecular complexity index is 1550. The third kappa shape index (κ3) is 1.77. The molecule has 32 heavy (non-hydrogen) atoms. The largest absolute Gasteiger partial charge is 0.361 e. The molecule has 0 radical (unpaired) electrons. The van der Waals surface area contributed by atoms with Crippen LogP contribution in [0.2, 0.25) is 0 Å². The number of carbonyl (C=O) groups is 4. The first-order chi connectivity index (χ1) is 15.5. The molecule has 2 aromatic carbocycles. The minimum absolute atomic E-state index is 0.439. The number of rotatable bonds is 1. The van der Waals surface area contributed by atoms with Crippen LogP contribution in [0.3, 0.4) is 0 Å². The second-order valence-electron chi connectivity index (χ2n) is 8.67. The van der Waals surface area contributed by atoms with Crippen LogP contribution in [0.5, 0.6) is 0 Å². The van der Waals surface area contributed by atoms with E-state index in [-0.39, 0.29) is 0 Å². The average molecular weight is 424 g/mol. The molecule has 156 valence electrons. The summed E-state index contributed by atoms with van der Waals surface area (Å²) in [5, 5.41) is 6.45. The first-order valence-electron chi connectivity index (χ1n) is 10.4. The Kier molecular flexibility index (Phi) is 3.02. The van der Waals surface area contributed by atoms with Crippen molar-refractivity contribution >= 4 is 45.4 Å². The van der Waals surface area contributed by atoms with E-state index in [1.807, 2.05) is 48.5 Å². The van der Waals surface area contributed by atoms with Crippen LogP contribution in [-0.4, -0.2) is 33.6 Å². The quantitative estimate of drug-likeness (QED) is 0.346. The Balaban J connectivity index is 1.69. The van der Waals surface area contributed by atoms with Crippen molar-refractivity contribution in [1.29, 1.82) is 0 Å². The topological polar surface area (TPSA) is 124 Å². The van der Waals surface area contributed by atoms with Gasteiger partial charge in [-0.05, 0) is 23.3 Å². The van der Waals surface area contributed by atoms with Crippen molar-refractivity contribution < 1.29 is 19.2 Å². The van der Waals surface area contributed by atoms with E-state index in [2.05, 4.69) is 20.6 Å². The van der Waals surface area contributed by atoms with E-state index < -0.39 is 46.8 Å². The highest BCUT2D eigenvalue weighted by atomic mass is 16.2. The van der Waals surface area contributed by atoms with Gasteiger partial charge in [0, 0.05) is 33.7 Å². The number of carbonyl (C=O) groups excluding carboxylic acids is 4. The Labute approximate surface area is 180 Å². The summed E-state index contributed by atoms with van der Waals surface area (Å²) in [4.78, 5) is 59.5. The molecule has 2 fully saturated rings. The van der Waals surface area contributed by atoms with Gasteiger partial charge in [-0.25, -0.2) is 0 Å². The first kappa shape index (κ1) is 17.5. The van der Waals surface area contributed by atoms with Gasteiger partial charge >= 0.3 is 0 Å². The van der Waals surface area contributed by atoms with Gasteiger partial charge in [-0.3, -0.25) is 29.8 Å². The van der Waals surface area contributed by atoms with Crippen LogP contribution < -0.4 is 10.6 Å². The standard InChI is InChI=1S/C24H16N4O4/c29-20-16-15-11-6-2-4-8-14(11)26-19(15)24(12-9-25-13-7-3-1-5-10(12)13)18(17(16)21(30)27-20)22(31)28-23(24)32/h1-9,16-18,25-26H,(H,27,29,30)(H,28,31,32)/t16-,17-,18+,24-/m1/s1. The molecule has 4 atom stereocenters. The van der Waals surface area contributed by atoms with Gasteiger partial charge in [0.1, 0.15) is 5.41 Å². The summed E-state index contributed by atoms with van der Waals surface area (Å²) in [6.07, 6.45) is 1.74. The zero-order chi connectivity index (χ0) is 21.8. The molecule has 4 N–H and O–H groups in total. The molecule has 8 heteroatoms. The number of benzene rings is 2. The number of amides is 4. The molecule has 2 saturated heterocycles. The summed E-state index contributed by atoms with van der Waals surface area (Å²) in [7, 11) is 0. The van der Waals surface area contributed by atoms with Crippen molar-refractivity contribution in [1.82, 2.24) is 20.6 Å². The van der Waals surface area contributed by atoms with E-state index in [1.54, 1.807) is 6.20 Å². The van der Waals surface area contributed by atoms with Crippen LogP contribution in [0.1, 0.15) is 22.7 Å². The Morgan fingerprint density at radius 2 is 1.47 bits per heavy atom. The molecule has 0 bridgehead atoms. The number of imide groups is 2. The summed E-state index contributed by atoms with van der Waals surface area (Å²) < 4.78 is 0. The normalized spacial score (nSPS) is 28.6. The minimum Gasteiger partial charge on any atom is -0.361 e. The van der Waals surface area contributed by atoms with Gasteiger partial charge in [0.05, 0.1) is 17.8 Å². The highest BCUT2D eigenvalue weighted by Crippen LogP contribution is 2.59. The SMILES string of the molecule is O=C1NC(=O)[C@@H]2c3c([nH]c4ccccc34)[C@]3(c4c[nH]c5ccccc45)C(=O)NC(=O)[C@@H]3[C@H]12. The molecule has 2 aliphatic heterocycles. The number of hydrogen-bond acceptors (Lipinski definition) is 4. The third-order valence-electron chi connectivity index (χ3n) is 7.36. The number of aromatic nitrogens is 2. The van der Waals surface area contributed by atoms with Gasteiger partial charge in [0.2, 0.25) is 23.6 Å².